The number of fused-ring (bicyclic) bond motifs is 2. The molecule has 0 saturated carbocycles. The van der Waals surface area contributed by atoms with Gasteiger partial charge in [-0.25, -0.2) is 9.69 Å². The number of hydrogen-bond donors (Lipinski definition) is 2. The van der Waals surface area contributed by atoms with E-state index in [1.807, 2.05) is 31.2 Å². The van der Waals surface area contributed by atoms with Crippen LogP contribution in [0.15, 0.2) is 42.5 Å². The molecule has 156 valence electrons. The van der Waals surface area contributed by atoms with Crippen LogP contribution in [0.3, 0.4) is 0 Å². The summed E-state index contributed by atoms with van der Waals surface area (Å²) in [4.78, 5) is 40.1. The number of benzene rings is 2. The number of rotatable bonds is 4. The summed E-state index contributed by atoms with van der Waals surface area (Å²) in [5, 5.41) is 5.67. The first-order chi connectivity index (χ1) is 14.4. The van der Waals surface area contributed by atoms with Crippen molar-refractivity contribution in [1.82, 2.24) is 10.2 Å². The third kappa shape index (κ3) is 3.20. The highest BCUT2D eigenvalue weighted by atomic mass is 16.5. The van der Waals surface area contributed by atoms with Crippen molar-refractivity contribution in [2.45, 2.75) is 44.7 Å². The topological polar surface area (TPSA) is 87.7 Å². The van der Waals surface area contributed by atoms with E-state index in [9.17, 15) is 14.4 Å². The summed E-state index contributed by atoms with van der Waals surface area (Å²) in [7, 11) is 1.60. The lowest BCUT2D eigenvalue weighted by Gasteiger charge is -2.34. The maximum Gasteiger partial charge on any atom is 0.326 e. The second-order valence-corrected chi connectivity index (χ2v) is 7.92. The zero-order chi connectivity index (χ0) is 21.5. The Bertz CT molecular complexity index is 1020. The van der Waals surface area contributed by atoms with Gasteiger partial charge in [-0.05, 0) is 68.5 Å². The van der Waals surface area contributed by atoms with Crippen molar-refractivity contribution in [3.8, 4) is 5.75 Å². The van der Waals surface area contributed by atoms with Gasteiger partial charge in [0.05, 0.1) is 7.11 Å². The quantitative estimate of drug-likeness (QED) is 0.763. The van der Waals surface area contributed by atoms with Crippen molar-refractivity contribution in [1.29, 1.82) is 0 Å². The molecule has 1 heterocycles. The van der Waals surface area contributed by atoms with E-state index >= 15 is 0 Å². The van der Waals surface area contributed by atoms with Crippen molar-refractivity contribution >= 4 is 23.5 Å². The highest BCUT2D eigenvalue weighted by Crippen LogP contribution is 2.41. The summed E-state index contributed by atoms with van der Waals surface area (Å²) in [6.45, 7) is 3.52. The number of amides is 4. The Labute approximate surface area is 175 Å². The zero-order valence-electron chi connectivity index (χ0n) is 17.3. The fraction of sp³-hybridized carbons (Fsp3) is 0.348. The summed E-state index contributed by atoms with van der Waals surface area (Å²) in [5.74, 6) is -0.0828. The van der Waals surface area contributed by atoms with Gasteiger partial charge < -0.3 is 15.4 Å². The lowest BCUT2D eigenvalue weighted by molar-refractivity contribution is -0.137. The Balaban J connectivity index is 1.60. The molecule has 0 unspecified atom stereocenters. The second kappa shape index (κ2) is 7.48. The number of aryl methyl sites for hydroxylation is 2. The normalized spacial score (nSPS) is 21.2. The van der Waals surface area contributed by atoms with Gasteiger partial charge in [0, 0.05) is 5.69 Å². The lowest BCUT2D eigenvalue weighted by atomic mass is 9.76. The second-order valence-electron chi connectivity index (χ2n) is 7.92. The van der Waals surface area contributed by atoms with Gasteiger partial charge in [0.1, 0.15) is 17.3 Å². The number of anilines is 1. The van der Waals surface area contributed by atoms with Crippen molar-refractivity contribution in [3.05, 3.63) is 59.2 Å². The molecule has 2 atom stereocenters. The van der Waals surface area contributed by atoms with Crippen LogP contribution in [0.4, 0.5) is 10.5 Å². The number of urea groups is 1. The average molecular weight is 407 g/mol. The zero-order valence-corrected chi connectivity index (χ0v) is 17.3. The van der Waals surface area contributed by atoms with E-state index in [2.05, 4.69) is 10.6 Å². The maximum atomic E-state index is 13.5. The number of imide groups is 1. The van der Waals surface area contributed by atoms with Crippen molar-refractivity contribution in [3.63, 3.8) is 0 Å². The summed E-state index contributed by atoms with van der Waals surface area (Å²) < 4.78 is 5.30. The summed E-state index contributed by atoms with van der Waals surface area (Å²) >= 11 is 0. The molecular weight excluding hydrogens is 382 g/mol. The van der Waals surface area contributed by atoms with E-state index in [4.69, 9.17) is 4.74 Å². The van der Waals surface area contributed by atoms with Gasteiger partial charge in [-0.2, -0.15) is 0 Å². The SMILES string of the molecule is COc1ccc2c(c1)CCC[C@]21NC(=O)N([C@H](C)C(=O)Nc2ccc(C)cc2)C1=O. The molecule has 4 rings (SSSR count). The third-order valence-electron chi connectivity index (χ3n) is 5.98. The van der Waals surface area contributed by atoms with Crippen molar-refractivity contribution in [2.24, 2.45) is 0 Å². The molecule has 2 aliphatic rings. The van der Waals surface area contributed by atoms with Gasteiger partial charge in [-0.1, -0.05) is 23.8 Å². The van der Waals surface area contributed by atoms with Crippen LogP contribution >= 0.6 is 0 Å². The molecule has 2 N–H and O–H groups in total. The fourth-order valence-corrected chi connectivity index (χ4v) is 4.30. The number of carbonyl (C=O) groups is 3. The molecule has 0 radical (unpaired) electrons. The van der Waals surface area contributed by atoms with Gasteiger partial charge in [-0.15, -0.1) is 0 Å². The van der Waals surface area contributed by atoms with E-state index in [0.29, 0.717) is 17.9 Å². The molecule has 4 amide bonds. The number of methoxy groups -OCH3 is 1. The number of ether oxygens (including phenoxy) is 1. The van der Waals surface area contributed by atoms with Crippen LogP contribution in [0.5, 0.6) is 5.75 Å². The van der Waals surface area contributed by atoms with E-state index in [0.717, 1.165) is 34.4 Å². The molecule has 7 heteroatoms. The molecule has 0 aromatic heterocycles. The van der Waals surface area contributed by atoms with Crippen LogP contribution in [0.1, 0.15) is 36.5 Å². The molecule has 1 fully saturated rings. The van der Waals surface area contributed by atoms with Crippen LogP contribution in [0, 0.1) is 6.92 Å². The lowest BCUT2D eigenvalue weighted by Crippen LogP contribution is -2.49. The molecule has 7 nitrogen and oxygen atoms in total. The van der Waals surface area contributed by atoms with Crippen LogP contribution < -0.4 is 15.4 Å². The maximum absolute atomic E-state index is 13.5. The number of carbonyl (C=O) groups excluding carboxylic acids is 3. The molecular formula is C23H25N3O4. The highest BCUT2D eigenvalue weighted by Gasteiger charge is 2.56. The number of nitrogens with zero attached hydrogens (tertiary/aromatic N) is 1. The minimum Gasteiger partial charge on any atom is -0.497 e. The van der Waals surface area contributed by atoms with Gasteiger partial charge in [0.2, 0.25) is 5.91 Å². The molecule has 1 spiro atoms. The Morgan fingerprint density at radius 3 is 2.63 bits per heavy atom. The van der Waals surface area contributed by atoms with Crippen molar-refractivity contribution in [2.75, 3.05) is 12.4 Å². The predicted molar refractivity (Wildman–Crippen MR) is 112 cm³/mol. The first kappa shape index (κ1) is 19.9. The largest absolute Gasteiger partial charge is 0.497 e. The Hall–Kier alpha value is -3.35. The highest BCUT2D eigenvalue weighted by molar-refractivity contribution is 6.11. The molecule has 2 aromatic carbocycles. The minimum atomic E-state index is -1.13. The smallest absolute Gasteiger partial charge is 0.326 e. The fourth-order valence-electron chi connectivity index (χ4n) is 4.30. The molecule has 1 saturated heterocycles. The third-order valence-corrected chi connectivity index (χ3v) is 5.98. The molecule has 2 aromatic rings. The van der Waals surface area contributed by atoms with E-state index in [-0.39, 0.29) is 5.91 Å². The summed E-state index contributed by atoms with van der Waals surface area (Å²) in [5.41, 5.74) is 2.32. The van der Waals surface area contributed by atoms with Crippen LogP contribution in [0.25, 0.3) is 0 Å². The molecule has 1 aliphatic heterocycles. The minimum absolute atomic E-state index is 0.384. The number of nitrogens with one attached hydrogen (secondary N) is 2. The Morgan fingerprint density at radius 1 is 1.20 bits per heavy atom. The predicted octanol–water partition coefficient (Wildman–Crippen LogP) is 3.11. The Morgan fingerprint density at radius 2 is 1.93 bits per heavy atom. The van der Waals surface area contributed by atoms with E-state index in [1.54, 1.807) is 32.2 Å². The number of hydrogen-bond acceptors (Lipinski definition) is 4. The van der Waals surface area contributed by atoms with Gasteiger partial charge in [-0.3, -0.25) is 9.59 Å². The average Bonchev–Trinajstić information content (AvgIpc) is 2.98. The van der Waals surface area contributed by atoms with Crippen molar-refractivity contribution < 1.29 is 19.1 Å². The van der Waals surface area contributed by atoms with Gasteiger partial charge in [0.15, 0.2) is 0 Å². The van der Waals surface area contributed by atoms with Gasteiger partial charge >= 0.3 is 6.03 Å². The Kier molecular flexibility index (Phi) is 4.97. The first-order valence-electron chi connectivity index (χ1n) is 10.1. The molecule has 30 heavy (non-hydrogen) atoms. The molecule has 1 aliphatic carbocycles. The van der Waals surface area contributed by atoms with Gasteiger partial charge in [0.25, 0.3) is 5.91 Å². The molecule has 0 bridgehead atoms. The first-order valence-corrected chi connectivity index (χ1v) is 10.1. The van der Waals surface area contributed by atoms with Crippen LogP contribution in [0.2, 0.25) is 0 Å². The van der Waals surface area contributed by atoms with E-state index < -0.39 is 23.5 Å². The monoisotopic (exact) mass is 407 g/mol. The van der Waals surface area contributed by atoms with Crippen LogP contribution in [-0.4, -0.2) is 35.9 Å². The summed E-state index contributed by atoms with van der Waals surface area (Å²) in [6, 6.07) is 11.4. The van der Waals surface area contributed by atoms with Crippen LogP contribution in [-0.2, 0) is 21.5 Å². The van der Waals surface area contributed by atoms with E-state index in [1.165, 1.54) is 0 Å². The summed E-state index contributed by atoms with van der Waals surface area (Å²) in [6.07, 6.45) is 2.06. The standard InChI is InChI=1S/C23H25N3O4/c1-14-6-8-17(9-7-14)24-20(27)15(2)26-21(28)23(25-22(26)29)12-4-5-16-13-18(30-3)10-11-19(16)23/h6-11,13,15H,4-5,12H2,1-3H3,(H,24,27)(H,25,29)/t15-,23+/m1/s1.